The Labute approximate surface area is 166 Å². The highest BCUT2D eigenvalue weighted by molar-refractivity contribution is 7.98. The maximum Gasteiger partial charge on any atom is 0.303 e. The third kappa shape index (κ3) is 3.52. The van der Waals surface area contributed by atoms with Gasteiger partial charge in [-0.15, -0.1) is 0 Å². The molecule has 27 heavy (non-hydrogen) atoms. The number of benzene rings is 1. The van der Waals surface area contributed by atoms with E-state index < -0.39 is 0 Å². The molecule has 2 aliphatic rings. The number of rotatable bonds is 6. The van der Waals surface area contributed by atoms with Crippen LogP contribution in [0.1, 0.15) is 49.4 Å². The summed E-state index contributed by atoms with van der Waals surface area (Å²) in [5, 5.41) is 1.39. The van der Waals surface area contributed by atoms with Gasteiger partial charge in [0.15, 0.2) is 0 Å². The van der Waals surface area contributed by atoms with Gasteiger partial charge in [-0.05, 0) is 60.9 Å². The third-order valence-electron chi connectivity index (χ3n) is 6.21. The van der Waals surface area contributed by atoms with E-state index in [9.17, 15) is 4.79 Å². The van der Waals surface area contributed by atoms with E-state index in [2.05, 4.69) is 41.3 Å². The fourth-order valence-electron chi connectivity index (χ4n) is 5.26. The molecule has 146 valence electrons. The molecule has 0 saturated carbocycles. The molecule has 1 aromatic carbocycles. The molecule has 1 aliphatic heterocycles. The average Bonchev–Trinajstić information content (AvgIpc) is 3.00. The van der Waals surface area contributed by atoms with Crippen LogP contribution >= 0.6 is 11.8 Å². The molecular formula is C22H30N2O2S. The minimum Gasteiger partial charge on any atom is -0.459 e. The molecule has 4 rings (SSSR count). The molecule has 1 aromatic heterocycles. The summed E-state index contributed by atoms with van der Waals surface area (Å²) < 4.78 is 5.34. The van der Waals surface area contributed by atoms with Gasteiger partial charge in [-0.3, -0.25) is 9.69 Å². The van der Waals surface area contributed by atoms with Crippen molar-refractivity contribution in [3.05, 3.63) is 35.0 Å². The summed E-state index contributed by atoms with van der Waals surface area (Å²) >= 11 is 1.98. The van der Waals surface area contributed by atoms with Crippen LogP contribution in [0.5, 0.6) is 0 Å². The quantitative estimate of drug-likeness (QED) is 0.751. The SMILES string of the molecule is CCCN1C[C@H](CSC)C[C@@H]2c3cccc4[nH]c(COC(C)=O)c(c34)C[C@H]21. The van der Waals surface area contributed by atoms with Crippen LogP contribution in [0, 0.1) is 5.92 Å². The number of thioether (sulfide) groups is 1. The number of aromatic nitrogens is 1. The van der Waals surface area contributed by atoms with Crippen LogP contribution in [0.15, 0.2) is 18.2 Å². The van der Waals surface area contributed by atoms with Crippen LogP contribution < -0.4 is 0 Å². The van der Waals surface area contributed by atoms with Crippen molar-refractivity contribution in [3.63, 3.8) is 0 Å². The van der Waals surface area contributed by atoms with E-state index in [1.165, 1.54) is 60.6 Å². The summed E-state index contributed by atoms with van der Waals surface area (Å²) in [4.78, 5) is 17.6. The second-order valence-electron chi connectivity index (χ2n) is 8.06. The van der Waals surface area contributed by atoms with Gasteiger partial charge in [0.25, 0.3) is 0 Å². The second-order valence-corrected chi connectivity index (χ2v) is 8.97. The molecule has 1 saturated heterocycles. The van der Waals surface area contributed by atoms with E-state index in [1.807, 2.05) is 11.8 Å². The maximum atomic E-state index is 11.3. The number of hydrogen-bond acceptors (Lipinski definition) is 4. The molecule has 0 unspecified atom stereocenters. The number of esters is 1. The molecule has 1 aliphatic carbocycles. The van der Waals surface area contributed by atoms with E-state index >= 15 is 0 Å². The van der Waals surface area contributed by atoms with E-state index in [4.69, 9.17) is 4.74 Å². The molecule has 3 atom stereocenters. The Morgan fingerprint density at radius 2 is 2.26 bits per heavy atom. The van der Waals surface area contributed by atoms with E-state index in [1.54, 1.807) is 0 Å². The number of nitrogens with zero attached hydrogens (tertiary/aromatic N) is 1. The lowest BCUT2D eigenvalue weighted by Crippen LogP contribution is -2.50. The van der Waals surface area contributed by atoms with Crippen molar-refractivity contribution in [3.8, 4) is 0 Å². The Hall–Kier alpha value is -1.46. The van der Waals surface area contributed by atoms with Crippen LogP contribution in [0.4, 0.5) is 0 Å². The molecule has 5 heteroatoms. The van der Waals surface area contributed by atoms with Gasteiger partial charge >= 0.3 is 5.97 Å². The Kier molecular flexibility index (Phi) is 5.51. The van der Waals surface area contributed by atoms with Crippen molar-refractivity contribution >= 4 is 28.6 Å². The largest absolute Gasteiger partial charge is 0.459 e. The van der Waals surface area contributed by atoms with Crippen molar-refractivity contribution in [2.45, 2.75) is 51.7 Å². The summed E-state index contributed by atoms with van der Waals surface area (Å²) in [5.74, 6) is 2.40. The molecule has 0 amide bonds. The van der Waals surface area contributed by atoms with Crippen molar-refractivity contribution in [1.82, 2.24) is 9.88 Å². The number of H-pyrrole nitrogens is 1. The number of hydrogen-bond donors (Lipinski definition) is 1. The standard InChI is InChI=1S/C22H30N2O2S/c1-4-8-24-11-15(13-27-3)9-17-16-6-5-7-19-22(16)18(10-21(17)24)20(23-19)12-26-14(2)25/h5-7,15,17,21,23H,4,8-13H2,1-3H3/t15-,17-,21-/m1/s1. The van der Waals surface area contributed by atoms with Crippen molar-refractivity contribution < 1.29 is 9.53 Å². The number of piperidine rings is 1. The molecule has 0 radical (unpaired) electrons. The summed E-state index contributed by atoms with van der Waals surface area (Å²) in [6.45, 7) is 6.49. The van der Waals surface area contributed by atoms with Gasteiger partial charge in [-0.2, -0.15) is 11.8 Å². The highest BCUT2D eigenvalue weighted by Gasteiger charge is 2.41. The van der Waals surface area contributed by atoms with Crippen LogP contribution in [-0.2, 0) is 22.6 Å². The van der Waals surface area contributed by atoms with E-state index in [-0.39, 0.29) is 5.97 Å². The molecule has 1 N–H and O–H groups in total. The number of nitrogens with one attached hydrogen (secondary N) is 1. The topological polar surface area (TPSA) is 45.3 Å². The summed E-state index contributed by atoms with van der Waals surface area (Å²) in [5.41, 5.74) is 5.13. The second kappa shape index (κ2) is 7.88. The van der Waals surface area contributed by atoms with Gasteiger partial charge in [0.05, 0.1) is 5.69 Å². The van der Waals surface area contributed by atoms with Gasteiger partial charge < -0.3 is 9.72 Å². The fraction of sp³-hybridized carbons (Fsp3) is 0.591. The Balaban J connectivity index is 1.75. The minimum atomic E-state index is -0.222. The summed E-state index contributed by atoms with van der Waals surface area (Å²) in [6, 6.07) is 7.23. The zero-order valence-electron chi connectivity index (χ0n) is 16.6. The van der Waals surface area contributed by atoms with Crippen molar-refractivity contribution in [1.29, 1.82) is 0 Å². The lowest BCUT2D eigenvalue weighted by Gasteiger charge is -2.47. The zero-order valence-corrected chi connectivity index (χ0v) is 17.4. The van der Waals surface area contributed by atoms with Crippen LogP contribution in [0.3, 0.4) is 0 Å². The van der Waals surface area contributed by atoms with Gasteiger partial charge in [0.1, 0.15) is 6.61 Å². The molecule has 0 bridgehead atoms. The zero-order chi connectivity index (χ0) is 19.0. The first-order chi connectivity index (χ1) is 13.1. The normalized spacial score (nSPS) is 24.8. The Morgan fingerprint density at radius 3 is 3.00 bits per heavy atom. The summed E-state index contributed by atoms with van der Waals surface area (Å²) in [7, 11) is 0. The molecule has 2 aromatic rings. The number of fused-ring (bicyclic) bond motifs is 2. The Morgan fingerprint density at radius 1 is 1.41 bits per heavy atom. The van der Waals surface area contributed by atoms with Gasteiger partial charge in [-0.1, -0.05) is 19.1 Å². The maximum absolute atomic E-state index is 11.3. The van der Waals surface area contributed by atoms with Crippen LogP contribution in [0.2, 0.25) is 0 Å². The smallest absolute Gasteiger partial charge is 0.303 e. The number of ether oxygens (including phenoxy) is 1. The van der Waals surface area contributed by atoms with E-state index in [0.29, 0.717) is 18.6 Å². The highest BCUT2D eigenvalue weighted by atomic mass is 32.2. The summed E-state index contributed by atoms with van der Waals surface area (Å²) in [6.07, 6.45) is 5.77. The lowest BCUT2D eigenvalue weighted by molar-refractivity contribution is -0.142. The third-order valence-corrected chi connectivity index (χ3v) is 7.01. The first kappa shape index (κ1) is 18.9. The van der Waals surface area contributed by atoms with Gasteiger partial charge in [0, 0.05) is 36.3 Å². The number of carbonyl (C=O) groups is 1. The van der Waals surface area contributed by atoms with Crippen molar-refractivity contribution in [2.75, 3.05) is 25.1 Å². The fourth-order valence-corrected chi connectivity index (χ4v) is 5.97. The average molecular weight is 387 g/mol. The molecule has 0 spiro atoms. The van der Waals surface area contributed by atoms with Crippen molar-refractivity contribution in [2.24, 2.45) is 5.92 Å². The monoisotopic (exact) mass is 386 g/mol. The minimum absolute atomic E-state index is 0.222. The van der Waals surface area contributed by atoms with Crippen LogP contribution in [-0.4, -0.2) is 47.0 Å². The molecule has 4 nitrogen and oxygen atoms in total. The number of likely N-dealkylation sites (tertiary alicyclic amines) is 1. The predicted molar refractivity (Wildman–Crippen MR) is 112 cm³/mol. The molecule has 1 fully saturated rings. The lowest BCUT2D eigenvalue weighted by atomic mass is 9.72. The first-order valence-electron chi connectivity index (χ1n) is 10.1. The molecular weight excluding hydrogens is 356 g/mol. The van der Waals surface area contributed by atoms with Gasteiger partial charge in [0.2, 0.25) is 0 Å². The first-order valence-corrected chi connectivity index (χ1v) is 11.5. The number of carbonyl (C=O) groups excluding carboxylic acids is 1. The molecule has 2 heterocycles. The highest BCUT2D eigenvalue weighted by Crippen LogP contribution is 2.46. The number of aromatic amines is 1. The Bertz CT molecular complexity index is 831. The van der Waals surface area contributed by atoms with Crippen LogP contribution in [0.25, 0.3) is 10.9 Å². The van der Waals surface area contributed by atoms with Gasteiger partial charge in [-0.25, -0.2) is 0 Å². The predicted octanol–water partition coefficient (Wildman–Crippen LogP) is 4.33. The van der Waals surface area contributed by atoms with E-state index in [0.717, 1.165) is 18.0 Å².